The van der Waals surface area contributed by atoms with Crippen LogP contribution in [0, 0.1) is 6.92 Å². The van der Waals surface area contributed by atoms with Gasteiger partial charge in [-0.05, 0) is 50.5 Å². The summed E-state index contributed by atoms with van der Waals surface area (Å²) >= 11 is 0. The van der Waals surface area contributed by atoms with Crippen molar-refractivity contribution in [1.82, 2.24) is 0 Å². The summed E-state index contributed by atoms with van der Waals surface area (Å²) in [6.07, 6.45) is 0.543. The average Bonchev–Trinajstić information content (AvgIpc) is 2.58. The second-order valence-corrected chi connectivity index (χ2v) is 6.40. The average molecular weight is 354 g/mol. The first-order valence-corrected chi connectivity index (χ1v) is 8.84. The van der Waals surface area contributed by atoms with Gasteiger partial charge in [-0.2, -0.15) is 0 Å². The molecule has 26 heavy (non-hydrogen) atoms. The number of benzene rings is 2. The van der Waals surface area contributed by atoms with Gasteiger partial charge in [-0.1, -0.05) is 37.3 Å². The summed E-state index contributed by atoms with van der Waals surface area (Å²) in [6, 6.07) is 13.1. The zero-order chi connectivity index (χ0) is 19.1. The maximum atomic E-state index is 12.3. The van der Waals surface area contributed by atoms with Crippen molar-refractivity contribution in [2.24, 2.45) is 0 Å². The van der Waals surface area contributed by atoms with E-state index in [0.29, 0.717) is 11.4 Å². The lowest BCUT2D eigenvalue weighted by molar-refractivity contribution is -0.123. The molecule has 5 nitrogen and oxygen atoms in total. The number of hydrogen-bond acceptors (Lipinski definition) is 3. The molecule has 138 valence electrons. The van der Waals surface area contributed by atoms with Crippen LogP contribution in [0.4, 0.5) is 11.4 Å². The highest BCUT2D eigenvalue weighted by Crippen LogP contribution is 2.25. The predicted octanol–water partition coefficient (Wildman–Crippen LogP) is 4.31. The molecule has 2 N–H and O–H groups in total. The molecule has 2 aromatic carbocycles. The Morgan fingerprint density at radius 3 is 2.38 bits per heavy atom. The van der Waals surface area contributed by atoms with E-state index in [1.165, 1.54) is 0 Å². The van der Waals surface area contributed by atoms with Crippen LogP contribution < -0.4 is 15.4 Å². The number of amides is 2. The number of carbonyl (C=O) groups is 2. The smallest absolute Gasteiger partial charge is 0.233 e. The van der Waals surface area contributed by atoms with Gasteiger partial charge in [0.05, 0.1) is 11.8 Å². The standard InChI is InChI=1S/C21H26N2O3/c1-5-16-10-8-9-15(4)21(16)23-20(25)13-19(24)22-17-11-6-7-12-18(17)26-14(2)3/h6-12,14H,5,13H2,1-4H3,(H,22,24)(H,23,25). The number of nitrogens with one attached hydrogen (secondary N) is 2. The minimum atomic E-state index is -0.381. The SMILES string of the molecule is CCc1cccc(C)c1NC(=O)CC(=O)Nc1ccccc1OC(C)C. The second kappa shape index (κ2) is 9.04. The predicted molar refractivity (Wildman–Crippen MR) is 105 cm³/mol. The van der Waals surface area contributed by atoms with Gasteiger partial charge in [0.1, 0.15) is 12.2 Å². The van der Waals surface area contributed by atoms with Crippen molar-refractivity contribution in [2.45, 2.75) is 46.6 Å². The highest BCUT2D eigenvalue weighted by atomic mass is 16.5. The van der Waals surface area contributed by atoms with Crippen LogP contribution in [0.5, 0.6) is 5.75 Å². The molecule has 0 saturated heterocycles. The van der Waals surface area contributed by atoms with Crippen LogP contribution in [0.25, 0.3) is 0 Å². The number of carbonyl (C=O) groups excluding carboxylic acids is 2. The topological polar surface area (TPSA) is 67.4 Å². The van der Waals surface area contributed by atoms with Crippen molar-refractivity contribution in [1.29, 1.82) is 0 Å². The normalized spacial score (nSPS) is 10.5. The molecular formula is C21H26N2O3. The van der Waals surface area contributed by atoms with Crippen LogP contribution >= 0.6 is 0 Å². The highest BCUT2D eigenvalue weighted by Gasteiger charge is 2.14. The molecular weight excluding hydrogens is 328 g/mol. The Morgan fingerprint density at radius 2 is 1.69 bits per heavy atom. The number of anilines is 2. The molecule has 0 radical (unpaired) electrons. The first kappa shape index (κ1) is 19.5. The zero-order valence-electron chi connectivity index (χ0n) is 15.8. The maximum absolute atomic E-state index is 12.3. The number of para-hydroxylation sites is 3. The van der Waals surface area contributed by atoms with Crippen LogP contribution in [0.3, 0.4) is 0 Å². The number of rotatable bonds is 7. The Bertz CT molecular complexity index is 785. The molecule has 0 unspecified atom stereocenters. The fourth-order valence-electron chi connectivity index (χ4n) is 2.65. The zero-order valence-corrected chi connectivity index (χ0v) is 15.8. The Labute approximate surface area is 154 Å². The molecule has 0 aliphatic carbocycles. The van der Waals surface area contributed by atoms with Gasteiger partial charge in [0.25, 0.3) is 0 Å². The van der Waals surface area contributed by atoms with Crippen LogP contribution in [0.15, 0.2) is 42.5 Å². The van der Waals surface area contributed by atoms with E-state index >= 15 is 0 Å². The maximum Gasteiger partial charge on any atom is 0.233 e. The van der Waals surface area contributed by atoms with Gasteiger partial charge in [-0.25, -0.2) is 0 Å². The van der Waals surface area contributed by atoms with Gasteiger partial charge in [-0.15, -0.1) is 0 Å². The summed E-state index contributed by atoms with van der Waals surface area (Å²) in [6.45, 7) is 7.80. The fraction of sp³-hybridized carbons (Fsp3) is 0.333. The van der Waals surface area contributed by atoms with Crippen LogP contribution in [0.2, 0.25) is 0 Å². The van der Waals surface area contributed by atoms with Crippen LogP contribution in [-0.4, -0.2) is 17.9 Å². The molecule has 2 rings (SSSR count). The Kier molecular flexibility index (Phi) is 6.78. The van der Waals surface area contributed by atoms with Gasteiger partial charge in [0, 0.05) is 5.69 Å². The quantitative estimate of drug-likeness (QED) is 0.728. The van der Waals surface area contributed by atoms with E-state index in [4.69, 9.17) is 4.74 Å². The highest BCUT2D eigenvalue weighted by molar-refractivity contribution is 6.08. The van der Waals surface area contributed by atoms with Crippen molar-refractivity contribution in [3.05, 3.63) is 53.6 Å². The van der Waals surface area contributed by atoms with Crippen molar-refractivity contribution >= 4 is 23.2 Å². The summed E-state index contributed by atoms with van der Waals surface area (Å²) in [4.78, 5) is 24.6. The number of ether oxygens (including phenoxy) is 1. The Balaban J connectivity index is 2.02. The van der Waals surface area contributed by atoms with E-state index in [1.54, 1.807) is 12.1 Å². The lowest BCUT2D eigenvalue weighted by Gasteiger charge is -2.15. The molecule has 0 atom stereocenters. The summed E-state index contributed by atoms with van der Waals surface area (Å²) < 4.78 is 5.68. The minimum Gasteiger partial charge on any atom is -0.489 e. The summed E-state index contributed by atoms with van der Waals surface area (Å²) in [5.74, 6) is -0.133. The van der Waals surface area contributed by atoms with Crippen LogP contribution in [-0.2, 0) is 16.0 Å². The third-order valence-electron chi connectivity index (χ3n) is 3.85. The molecule has 0 saturated carbocycles. The van der Waals surface area contributed by atoms with Crippen molar-refractivity contribution in [2.75, 3.05) is 10.6 Å². The summed E-state index contributed by atoms with van der Waals surface area (Å²) in [5.41, 5.74) is 3.38. The van der Waals surface area contributed by atoms with E-state index in [-0.39, 0.29) is 24.3 Å². The Hall–Kier alpha value is -2.82. The van der Waals surface area contributed by atoms with E-state index in [9.17, 15) is 9.59 Å². The van der Waals surface area contributed by atoms with E-state index in [1.807, 2.05) is 58.0 Å². The lowest BCUT2D eigenvalue weighted by atomic mass is 10.1. The molecule has 5 heteroatoms. The van der Waals surface area contributed by atoms with Crippen molar-refractivity contribution in [3.63, 3.8) is 0 Å². The van der Waals surface area contributed by atoms with Crippen molar-refractivity contribution < 1.29 is 14.3 Å². The monoisotopic (exact) mass is 354 g/mol. The third-order valence-corrected chi connectivity index (χ3v) is 3.85. The molecule has 0 fully saturated rings. The van der Waals surface area contributed by atoms with E-state index < -0.39 is 0 Å². The summed E-state index contributed by atoms with van der Waals surface area (Å²) in [5, 5.41) is 5.61. The molecule has 0 aromatic heterocycles. The molecule has 2 aromatic rings. The molecule has 0 aliphatic heterocycles. The van der Waals surface area contributed by atoms with Gasteiger partial charge in [0.2, 0.25) is 11.8 Å². The van der Waals surface area contributed by atoms with E-state index in [0.717, 1.165) is 23.2 Å². The first-order valence-electron chi connectivity index (χ1n) is 8.84. The second-order valence-electron chi connectivity index (χ2n) is 6.40. The largest absolute Gasteiger partial charge is 0.489 e. The molecule has 2 amide bonds. The lowest BCUT2D eigenvalue weighted by Crippen LogP contribution is -2.22. The van der Waals surface area contributed by atoms with Gasteiger partial charge in [-0.3, -0.25) is 9.59 Å². The van der Waals surface area contributed by atoms with Crippen LogP contribution in [0.1, 0.15) is 38.3 Å². The molecule has 0 aliphatic rings. The summed E-state index contributed by atoms with van der Waals surface area (Å²) in [7, 11) is 0. The molecule has 0 heterocycles. The van der Waals surface area contributed by atoms with E-state index in [2.05, 4.69) is 10.6 Å². The molecule has 0 spiro atoms. The van der Waals surface area contributed by atoms with Crippen molar-refractivity contribution in [3.8, 4) is 5.75 Å². The van der Waals surface area contributed by atoms with Gasteiger partial charge in [0.15, 0.2) is 0 Å². The number of hydrogen-bond donors (Lipinski definition) is 2. The van der Waals surface area contributed by atoms with Gasteiger partial charge < -0.3 is 15.4 Å². The first-order chi connectivity index (χ1) is 12.4. The molecule has 0 bridgehead atoms. The Morgan fingerprint density at radius 1 is 1.00 bits per heavy atom. The van der Waals surface area contributed by atoms with Gasteiger partial charge >= 0.3 is 0 Å². The third kappa shape index (κ3) is 5.34. The number of aryl methyl sites for hydroxylation is 2. The minimum absolute atomic E-state index is 0.00938. The fourth-order valence-corrected chi connectivity index (χ4v) is 2.65.